The third-order valence-corrected chi connectivity index (χ3v) is 3.05. The van der Waals surface area contributed by atoms with E-state index in [-0.39, 0.29) is 5.82 Å². The number of benzene rings is 2. The van der Waals surface area contributed by atoms with Crippen molar-refractivity contribution in [2.24, 2.45) is 0 Å². The minimum absolute atomic E-state index is 0.179. The van der Waals surface area contributed by atoms with Gasteiger partial charge in [0.2, 0.25) is 0 Å². The average molecular weight is 224 g/mol. The molecule has 1 aliphatic carbocycles. The highest BCUT2D eigenvalue weighted by Gasteiger charge is 2.19. The standard InChI is InChI=1S/C16H13F/c17-15-10-8-14(9-11-15)16(13-6-7-13)12-4-2-1-3-5-12/h1-5,8-11H,6-7H2. The van der Waals surface area contributed by atoms with Crippen molar-refractivity contribution in [3.8, 4) is 0 Å². The molecule has 0 spiro atoms. The van der Waals surface area contributed by atoms with Crippen molar-refractivity contribution in [2.45, 2.75) is 12.8 Å². The molecule has 0 N–H and O–H groups in total. The summed E-state index contributed by atoms with van der Waals surface area (Å²) in [7, 11) is 0. The quantitative estimate of drug-likeness (QED) is 0.708. The highest BCUT2D eigenvalue weighted by atomic mass is 19.1. The summed E-state index contributed by atoms with van der Waals surface area (Å²) in [5.41, 5.74) is 5.10. The summed E-state index contributed by atoms with van der Waals surface area (Å²) in [5.74, 6) is -0.179. The fraction of sp³-hybridized carbons (Fsp3) is 0.125. The number of hydrogen-bond donors (Lipinski definition) is 0. The van der Waals surface area contributed by atoms with Crippen LogP contribution in [0.15, 0.2) is 60.2 Å². The molecule has 0 radical (unpaired) electrons. The molecule has 0 saturated heterocycles. The Kier molecular flexibility index (Phi) is 2.52. The Bertz CT molecular complexity index is 544. The number of halogens is 1. The molecule has 0 unspecified atom stereocenters. The van der Waals surface area contributed by atoms with Gasteiger partial charge >= 0.3 is 0 Å². The van der Waals surface area contributed by atoms with E-state index in [1.54, 1.807) is 0 Å². The van der Waals surface area contributed by atoms with Crippen LogP contribution in [0.4, 0.5) is 4.39 Å². The van der Waals surface area contributed by atoms with Crippen LogP contribution in [-0.4, -0.2) is 0 Å². The molecule has 0 bridgehead atoms. The van der Waals surface area contributed by atoms with Crippen molar-refractivity contribution in [2.75, 3.05) is 0 Å². The highest BCUT2D eigenvalue weighted by Crippen LogP contribution is 2.39. The average Bonchev–Trinajstić information content (AvgIpc) is 3.18. The molecule has 0 aliphatic heterocycles. The van der Waals surface area contributed by atoms with E-state index in [0.29, 0.717) is 0 Å². The van der Waals surface area contributed by atoms with Gasteiger partial charge in [-0.1, -0.05) is 48.0 Å². The van der Waals surface area contributed by atoms with Gasteiger partial charge in [-0.2, -0.15) is 0 Å². The van der Waals surface area contributed by atoms with Crippen molar-refractivity contribution in [3.63, 3.8) is 0 Å². The van der Waals surface area contributed by atoms with Gasteiger partial charge in [-0.3, -0.25) is 0 Å². The molecule has 0 atom stereocenters. The lowest BCUT2D eigenvalue weighted by Crippen LogP contribution is -1.88. The van der Waals surface area contributed by atoms with Gasteiger partial charge in [0, 0.05) is 0 Å². The molecule has 2 aromatic rings. The maximum atomic E-state index is 13.0. The molecular weight excluding hydrogens is 211 g/mol. The van der Waals surface area contributed by atoms with E-state index in [4.69, 9.17) is 0 Å². The van der Waals surface area contributed by atoms with Crippen LogP contribution in [0.25, 0.3) is 5.57 Å². The first kappa shape index (κ1) is 10.3. The molecule has 17 heavy (non-hydrogen) atoms. The van der Waals surface area contributed by atoms with Crippen LogP contribution >= 0.6 is 0 Å². The third kappa shape index (κ3) is 2.14. The van der Waals surface area contributed by atoms with Crippen molar-refractivity contribution >= 4 is 5.57 Å². The Labute approximate surface area is 100 Å². The summed E-state index contributed by atoms with van der Waals surface area (Å²) in [6.45, 7) is 0. The third-order valence-electron chi connectivity index (χ3n) is 3.05. The first-order valence-electron chi connectivity index (χ1n) is 5.88. The van der Waals surface area contributed by atoms with Crippen LogP contribution in [0.2, 0.25) is 0 Å². The highest BCUT2D eigenvalue weighted by molar-refractivity contribution is 5.83. The lowest BCUT2D eigenvalue weighted by atomic mass is 9.97. The first-order valence-corrected chi connectivity index (χ1v) is 5.88. The van der Waals surface area contributed by atoms with Crippen LogP contribution in [0, 0.1) is 5.82 Å². The van der Waals surface area contributed by atoms with Gasteiger partial charge in [0.25, 0.3) is 0 Å². The maximum Gasteiger partial charge on any atom is 0.123 e. The van der Waals surface area contributed by atoms with E-state index in [0.717, 1.165) is 5.56 Å². The molecule has 2 aromatic carbocycles. The smallest absolute Gasteiger partial charge is 0.123 e. The fourth-order valence-corrected chi connectivity index (χ4v) is 2.11. The number of hydrogen-bond acceptors (Lipinski definition) is 0. The zero-order valence-electron chi connectivity index (χ0n) is 9.49. The van der Waals surface area contributed by atoms with Crippen molar-refractivity contribution in [1.82, 2.24) is 0 Å². The van der Waals surface area contributed by atoms with Crippen molar-refractivity contribution < 1.29 is 4.39 Å². The molecule has 1 heteroatoms. The number of allylic oxidation sites excluding steroid dienone is 1. The van der Waals surface area contributed by atoms with Crippen molar-refractivity contribution in [1.29, 1.82) is 0 Å². The van der Waals surface area contributed by atoms with Crippen LogP contribution in [-0.2, 0) is 0 Å². The molecule has 1 saturated carbocycles. The second-order valence-corrected chi connectivity index (χ2v) is 4.35. The lowest BCUT2D eigenvalue weighted by Gasteiger charge is -2.08. The molecule has 1 aliphatic rings. The topological polar surface area (TPSA) is 0 Å². The maximum absolute atomic E-state index is 13.0. The SMILES string of the molecule is Fc1ccc(C(=C2CC2)c2ccccc2)cc1. The predicted molar refractivity (Wildman–Crippen MR) is 68.1 cm³/mol. The van der Waals surface area contributed by atoms with E-state index >= 15 is 0 Å². The predicted octanol–water partition coefficient (Wildman–Crippen LogP) is 4.42. The van der Waals surface area contributed by atoms with E-state index in [2.05, 4.69) is 12.1 Å². The summed E-state index contributed by atoms with van der Waals surface area (Å²) in [6.07, 6.45) is 2.34. The normalized spacial score (nSPS) is 13.6. The van der Waals surface area contributed by atoms with Crippen LogP contribution in [0.1, 0.15) is 24.0 Å². The van der Waals surface area contributed by atoms with Gasteiger partial charge in [0.1, 0.15) is 5.82 Å². The van der Waals surface area contributed by atoms with E-state index < -0.39 is 0 Å². The van der Waals surface area contributed by atoms with Gasteiger partial charge in [-0.05, 0) is 41.7 Å². The van der Waals surface area contributed by atoms with Crippen LogP contribution < -0.4 is 0 Å². The zero-order chi connectivity index (χ0) is 11.7. The van der Waals surface area contributed by atoms with Crippen LogP contribution in [0.5, 0.6) is 0 Å². The monoisotopic (exact) mass is 224 g/mol. The second-order valence-electron chi connectivity index (χ2n) is 4.35. The molecular formula is C16H13F. The van der Waals surface area contributed by atoms with Gasteiger partial charge in [0.15, 0.2) is 0 Å². The Morgan fingerprint density at radius 1 is 0.765 bits per heavy atom. The van der Waals surface area contributed by atoms with E-state index in [1.165, 1.54) is 41.7 Å². The van der Waals surface area contributed by atoms with E-state index in [1.807, 2.05) is 30.3 Å². The van der Waals surface area contributed by atoms with Gasteiger partial charge in [0.05, 0.1) is 0 Å². The fourth-order valence-electron chi connectivity index (χ4n) is 2.11. The minimum Gasteiger partial charge on any atom is -0.207 e. The molecule has 0 heterocycles. The Balaban J connectivity index is 2.09. The molecule has 0 aromatic heterocycles. The lowest BCUT2D eigenvalue weighted by molar-refractivity contribution is 0.627. The molecule has 84 valence electrons. The molecule has 0 amide bonds. The largest absolute Gasteiger partial charge is 0.207 e. The Morgan fingerprint density at radius 3 is 1.94 bits per heavy atom. The summed E-state index contributed by atoms with van der Waals surface area (Å²) < 4.78 is 13.0. The molecule has 1 fully saturated rings. The van der Waals surface area contributed by atoms with E-state index in [9.17, 15) is 4.39 Å². The van der Waals surface area contributed by atoms with Gasteiger partial charge in [-0.25, -0.2) is 4.39 Å². The molecule has 3 rings (SSSR count). The number of rotatable bonds is 2. The summed E-state index contributed by atoms with van der Waals surface area (Å²) in [5, 5.41) is 0. The van der Waals surface area contributed by atoms with Gasteiger partial charge in [-0.15, -0.1) is 0 Å². The summed E-state index contributed by atoms with van der Waals surface area (Å²) in [4.78, 5) is 0. The zero-order valence-corrected chi connectivity index (χ0v) is 9.49. The van der Waals surface area contributed by atoms with Gasteiger partial charge < -0.3 is 0 Å². The second kappa shape index (κ2) is 4.17. The minimum atomic E-state index is -0.179. The Hall–Kier alpha value is -1.89. The van der Waals surface area contributed by atoms with Crippen LogP contribution in [0.3, 0.4) is 0 Å². The van der Waals surface area contributed by atoms with Crippen molar-refractivity contribution in [3.05, 3.63) is 77.1 Å². The first-order chi connectivity index (χ1) is 8.34. The Morgan fingerprint density at radius 2 is 1.35 bits per heavy atom. The molecule has 0 nitrogen and oxygen atoms in total. The summed E-state index contributed by atoms with van der Waals surface area (Å²) in [6, 6.07) is 17.1. The summed E-state index contributed by atoms with van der Waals surface area (Å²) >= 11 is 0.